The minimum atomic E-state index is -4.51. The zero-order chi connectivity index (χ0) is 32.1. The Morgan fingerprint density at radius 1 is 0.733 bits per heavy atom. The van der Waals surface area contributed by atoms with Crippen molar-refractivity contribution in [3.05, 3.63) is 113 Å². The summed E-state index contributed by atoms with van der Waals surface area (Å²) in [5.74, 6) is -4.63. The largest absolute Gasteiger partial charge is 0.432 e. The second-order valence-electron chi connectivity index (χ2n) is 11.7. The van der Waals surface area contributed by atoms with Gasteiger partial charge in [-0.05, 0) is 96.7 Å². The Balaban J connectivity index is 1.30. The van der Waals surface area contributed by atoms with E-state index in [1.54, 1.807) is 6.07 Å². The summed E-state index contributed by atoms with van der Waals surface area (Å²) in [7, 11) is 0. The zero-order valence-electron chi connectivity index (χ0n) is 24.9. The van der Waals surface area contributed by atoms with Crippen molar-refractivity contribution in [2.45, 2.75) is 70.3 Å². The van der Waals surface area contributed by atoms with Crippen molar-refractivity contribution >= 4 is 0 Å². The molecule has 0 saturated heterocycles. The molecule has 2 nitrogen and oxygen atoms in total. The fraction of sp³-hybridized carbons (Fsp3) is 0.324. The maximum absolute atomic E-state index is 15.2. The first-order valence-corrected chi connectivity index (χ1v) is 15.3. The van der Waals surface area contributed by atoms with E-state index in [1.165, 1.54) is 68.1 Å². The number of ether oxygens (including phenoxy) is 1. The summed E-state index contributed by atoms with van der Waals surface area (Å²) >= 11 is 0. The van der Waals surface area contributed by atoms with E-state index < -0.39 is 40.7 Å². The van der Waals surface area contributed by atoms with Crippen LogP contribution in [0.5, 0.6) is 5.75 Å². The Morgan fingerprint density at radius 3 is 1.96 bits per heavy atom. The second kappa shape index (κ2) is 13.8. The van der Waals surface area contributed by atoms with Gasteiger partial charge >= 0.3 is 6.11 Å². The molecule has 1 fully saturated rings. The molecular formula is C37H33F6NO. The summed E-state index contributed by atoms with van der Waals surface area (Å²) in [6, 6.07) is 16.6. The molecule has 8 heteroatoms. The van der Waals surface area contributed by atoms with Crippen LogP contribution >= 0.6 is 0 Å². The molecule has 234 valence electrons. The van der Waals surface area contributed by atoms with E-state index in [0.29, 0.717) is 35.2 Å². The van der Waals surface area contributed by atoms with Crippen LogP contribution < -0.4 is 4.74 Å². The van der Waals surface area contributed by atoms with Crippen molar-refractivity contribution in [2.24, 2.45) is 5.92 Å². The molecule has 0 aromatic heterocycles. The van der Waals surface area contributed by atoms with Gasteiger partial charge in [-0.3, -0.25) is 0 Å². The Bertz CT molecular complexity index is 1660. The van der Waals surface area contributed by atoms with Crippen LogP contribution in [0, 0.1) is 40.5 Å². The van der Waals surface area contributed by atoms with Crippen molar-refractivity contribution in [1.29, 1.82) is 5.26 Å². The predicted molar refractivity (Wildman–Crippen MR) is 162 cm³/mol. The van der Waals surface area contributed by atoms with Crippen molar-refractivity contribution in [3.63, 3.8) is 0 Å². The summed E-state index contributed by atoms with van der Waals surface area (Å²) in [5.41, 5.74) is -0.386. The van der Waals surface area contributed by atoms with E-state index in [1.807, 2.05) is 6.07 Å². The van der Waals surface area contributed by atoms with E-state index >= 15 is 22.0 Å². The van der Waals surface area contributed by atoms with Gasteiger partial charge in [0.15, 0.2) is 0 Å². The maximum atomic E-state index is 15.2. The van der Waals surface area contributed by atoms with E-state index in [-0.39, 0.29) is 22.6 Å². The monoisotopic (exact) mass is 621 g/mol. The first-order valence-electron chi connectivity index (χ1n) is 15.3. The molecule has 0 amide bonds. The van der Waals surface area contributed by atoms with Crippen molar-refractivity contribution in [2.75, 3.05) is 0 Å². The van der Waals surface area contributed by atoms with Crippen LogP contribution in [0.2, 0.25) is 0 Å². The fourth-order valence-electron chi connectivity index (χ4n) is 6.21. The number of rotatable bonds is 10. The molecule has 4 aromatic carbocycles. The predicted octanol–water partition coefficient (Wildman–Crippen LogP) is 11.4. The Labute approximate surface area is 259 Å². The molecular weight excluding hydrogens is 588 g/mol. The summed E-state index contributed by atoms with van der Waals surface area (Å²) < 4.78 is 94.8. The van der Waals surface area contributed by atoms with Crippen molar-refractivity contribution in [1.82, 2.24) is 0 Å². The molecule has 0 radical (unpaired) electrons. The fourth-order valence-corrected chi connectivity index (χ4v) is 6.21. The number of nitrogens with zero attached hydrogens (tertiary/aromatic N) is 1. The molecule has 0 unspecified atom stereocenters. The van der Waals surface area contributed by atoms with Crippen LogP contribution in [-0.2, 0) is 6.11 Å². The molecule has 1 aliphatic rings. The third-order valence-corrected chi connectivity index (χ3v) is 8.68. The molecule has 0 aliphatic heterocycles. The molecule has 0 atom stereocenters. The Morgan fingerprint density at radius 2 is 1.36 bits per heavy atom. The second-order valence-corrected chi connectivity index (χ2v) is 11.7. The lowest BCUT2D eigenvalue weighted by molar-refractivity contribution is -0.189. The van der Waals surface area contributed by atoms with E-state index in [2.05, 4.69) is 11.7 Å². The van der Waals surface area contributed by atoms with E-state index in [4.69, 9.17) is 5.26 Å². The van der Waals surface area contributed by atoms with Gasteiger partial charge in [0.05, 0.1) is 11.6 Å². The van der Waals surface area contributed by atoms with Gasteiger partial charge in [0.25, 0.3) is 0 Å². The Hall–Kier alpha value is -4.25. The average molecular weight is 622 g/mol. The van der Waals surface area contributed by atoms with Crippen LogP contribution in [0.25, 0.3) is 22.3 Å². The smallest absolute Gasteiger partial charge is 0.429 e. The van der Waals surface area contributed by atoms with Crippen molar-refractivity contribution in [3.8, 4) is 34.1 Å². The maximum Gasteiger partial charge on any atom is 0.432 e. The Kier molecular flexibility index (Phi) is 9.86. The lowest BCUT2D eigenvalue weighted by Crippen LogP contribution is -2.25. The minimum absolute atomic E-state index is 0.0556. The average Bonchev–Trinajstić information content (AvgIpc) is 3.01. The van der Waals surface area contributed by atoms with Crippen LogP contribution in [0.15, 0.2) is 72.8 Å². The highest BCUT2D eigenvalue weighted by Gasteiger charge is 2.41. The SMILES string of the molecule is CCCCCC1CCC(c2ccc(-c3cc(F)c(C(F)(F)Oc4ccc(-c5ccc(C#N)cc5)c(F)c4)c(F)c3)c(F)c2)CC1. The number of hydrogen-bond donors (Lipinski definition) is 0. The minimum Gasteiger partial charge on any atom is -0.429 e. The number of hydrogen-bond acceptors (Lipinski definition) is 2. The normalized spacial score (nSPS) is 16.8. The van der Waals surface area contributed by atoms with Gasteiger partial charge in [-0.25, -0.2) is 17.6 Å². The highest BCUT2D eigenvalue weighted by atomic mass is 19.3. The molecule has 0 bridgehead atoms. The molecule has 1 aliphatic carbocycles. The zero-order valence-corrected chi connectivity index (χ0v) is 24.9. The van der Waals surface area contributed by atoms with Crippen LogP contribution in [0.4, 0.5) is 26.3 Å². The lowest BCUT2D eigenvalue weighted by Gasteiger charge is -2.29. The molecule has 0 spiro atoms. The number of halogens is 6. The van der Waals surface area contributed by atoms with E-state index in [0.717, 1.165) is 37.3 Å². The van der Waals surface area contributed by atoms with Gasteiger partial charge < -0.3 is 4.74 Å². The first kappa shape index (κ1) is 32.2. The molecule has 0 N–H and O–H groups in total. The number of unbranched alkanes of at least 4 members (excludes halogenated alkanes) is 2. The summed E-state index contributed by atoms with van der Waals surface area (Å²) in [4.78, 5) is 0. The third-order valence-electron chi connectivity index (χ3n) is 8.68. The van der Waals surface area contributed by atoms with Gasteiger partial charge in [-0.2, -0.15) is 14.0 Å². The third kappa shape index (κ3) is 7.36. The lowest BCUT2D eigenvalue weighted by atomic mass is 9.77. The van der Waals surface area contributed by atoms with Gasteiger partial charge in [0.2, 0.25) is 0 Å². The van der Waals surface area contributed by atoms with Gasteiger partial charge in [0, 0.05) is 17.2 Å². The molecule has 5 rings (SSSR count). The summed E-state index contributed by atoms with van der Waals surface area (Å²) in [5, 5.41) is 8.92. The molecule has 1 saturated carbocycles. The molecule has 4 aromatic rings. The highest BCUT2D eigenvalue weighted by Crippen LogP contribution is 2.41. The van der Waals surface area contributed by atoms with Gasteiger partial charge in [-0.1, -0.05) is 56.9 Å². The topological polar surface area (TPSA) is 33.0 Å². The first-order chi connectivity index (χ1) is 21.6. The standard InChI is InChI=1S/C37H33F6NO/c1-2-3-4-5-23-6-10-25(11-7-23)27-14-16-31(32(38)18-27)28-19-34(40)36(35(41)20-28)37(42,43)45-29-15-17-30(33(39)21-29)26-12-8-24(22-44)9-13-26/h8-9,12-21,23,25H,2-7,10-11H2,1H3. The van der Waals surface area contributed by atoms with Gasteiger partial charge in [0.1, 0.15) is 34.6 Å². The summed E-state index contributed by atoms with van der Waals surface area (Å²) in [6.07, 6.45) is 4.42. The van der Waals surface area contributed by atoms with Crippen LogP contribution in [-0.4, -0.2) is 0 Å². The quantitative estimate of drug-likeness (QED) is 0.130. The number of nitriles is 1. The van der Waals surface area contributed by atoms with Gasteiger partial charge in [-0.15, -0.1) is 0 Å². The van der Waals surface area contributed by atoms with E-state index in [9.17, 15) is 4.39 Å². The van der Waals surface area contributed by atoms with Crippen LogP contribution in [0.1, 0.15) is 80.9 Å². The van der Waals surface area contributed by atoms with Crippen LogP contribution in [0.3, 0.4) is 0 Å². The molecule has 0 heterocycles. The van der Waals surface area contributed by atoms with Crippen molar-refractivity contribution < 1.29 is 31.1 Å². The summed E-state index contributed by atoms with van der Waals surface area (Å²) in [6.45, 7) is 2.18. The molecule has 45 heavy (non-hydrogen) atoms. The highest BCUT2D eigenvalue weighted by molar-refractivity contribution is 5.67. The number of benzene rings is 4. The number of alkyl halides is 2.